The minimum Gasteiger partial charge on any atom is -0.358 e. The number of halogens is 1. The van der Waals surface area contributed by atoms with E-state index in [9.17, 15) is 0 Å². The van der Waals surface area contributed by atoms with Crippen molar-refractivity contribution in [1.29, 1.82) is 0 Å². The van der Waals surface area contributed by atoms with Crippen molar-refractivity contribution < 1.29 is 0 Å². The van der Waals surface area contributed by atoms with Crippen molar-refractivity contribution in [2.45, 2.75) is 39.7 Å². The van der Waals surface area contributed by atoms with Crippen molar-refractivity contribution >= 4 is 28.5 Å². The lowest BCUT2D eigenvalue weighted by atomic mass is 9.84. The third-order valence-corrected chi connectivity index (χ3v) is 5.81. The van der Waals surface area contributed by atoms with Gasteiger partial charge >= 0.3 is 0 Å². The largest absolute Gasteiger partial charge is 0.358 e. The normalized spacial score (nSPS) is 19.3. The van der Waals surface area contributed by atoms with E-state index in [4.69, 9.17) is 16.6 Å². The summed E-state index contributed by atoms with van der Waals surface area (Å²) in [5, 5.41) is 5.36. The predicted octanol–water partition coefficient (Wildman–Crippen LogP) is 4.90. The van der Waals surface area contributed by atoms with E-state index in [2.05, 4.69) is 38.2 Å². The number of amidine groups is 1. The number of nitrogens with zero attached hydrogens (tertiary/aromatic N) is 1. The molecule has 0 fully saturated rings. The topological polar surface area (TPSA) is 24.4 Å². The van der Waals surface area contributed by atoms with Crippen LogP contribution >= 0.6 is 23.4 Å². The van der Waals surface area contributed by atoms with Gasteiger partial charge in [-0.25, -0.2) is 0 Å². The molecule has 0 bridgehead atoms. The van der Waals surface area contributed by atoms with E-state index in [1.807, 2.05) is 23.9 Å². The number of hydrogen-bond acceptors (Lipinski definition) is 3. The SMILES string of the molecule is CCC1(CC)CN=C(NC(C)c2ccc(Cl)cc2)SC1. The molecule has 0 amide bonds. The standard InChI is InChI=1S/C16H23ClN2S/c1-4-16(5-2)10-18-15(20-11-16)19-12(3)13-6-8-14(17)9-7-13/h6-9,12H,4-5,10-11H2,1-3H3,(H,18,19). The molecule has 0 spiro atoms. The van der Waals surface area contributed by atoms with Crippen molar-refractivity contribution in [3.8, 4) is 0 Å². The molecular formula is C16H23ClN2S. The highest BCUT2D eigenvalue weighted by molar-refractivity contribution is 8.13. The molecule has 110 valence electrons. The van der Waals surface area contributed by atoms with E-state index in [-0.39, 0.29) is 6.04 Å². The van der Waals surface area contributed by atoms with Crippen molar-refractivity contribution in [2.24, 2.45) is 10.4 Å². The van der Waals surface area contributed by atoms with Gasteiger partial charge in [0, 0.05) is 17.3 Å². The van der Waals surface area contributed by atoms with Crippen molar-refractivity contribution in [2.75, 3.05) is 12.3 Å². The number of benzene rings is 1. The van der Waals surface area contributed by atoms with Gasteiger partial charge in [-0.15, -0.1) is 0 Å². The smallest absolute Gasteiger partial charge is 0.157 e. The second-order valence-electron chi connectivity index (χ2n) is 5.53. The number of rotatable bonds is 4. The summed E-state index contributed by atoms with van der Waals surface area (Å²) in [5.41, 5.74) is 1.64. The van der Waals surface area contributed by atoms with E-state index in [1.54, 1.807) is 0 Å². The van der Waals surface area contributed by atoms with Crippen LogP contribution in [0.25, 0.3) is 0 Å². The fourth-order valence-corrected chi connectivity index (χ4v) is 3.82. The quantitative estimate of drug-likeness (QED) is 0.855. The third-order valence-electron chi connectivity index (χ3n) is 4.28. The predicted molar refractivity (Wildman–Crippen MR) is 90.8 cm³/mol. The Labute approximate surface area is 131 Å². The highest BCUT2D eigenvalue weighted by atomic mass is 35.5. The van der Waals surface area contributed by atoms with Crippen LogP contribution in [-0.2, 0) is 0 Å². The summed E-state index contributed by atoms with van der Waals surface area (Å²) in [6, 6.07) is 8.26. The number of aliphatic imine (C=N–C) groups is 1. The van der Waals surface area contributed by atoms with E-state index >= 15 is 0 Å². The van der Waals surface area contributed by atoms with Gasteiger partial charge in [-0.1, -0.05) is 49.3 Å². The fraction of sp³-hybridized carbons (Fsp3) is 0.562. The first-order chi connectivity index (χ1) is 9.58. The van der Waals surface area contributed by atoms with E-state index < -0.39 is 0 Å². The van der Waals surface area contributed by atoms with Crippen LogP contribution in [0.2, 0.25) is 5.02 Å². The Bertz CT molecular complexity index is 466. The Kier molecular flexibility index (Phi) is 5.39. The van der Waals surface area contributed by atoms with Gasteiger partial charge in [-0.05, 0) is 42.9 Å². The van der Waals surface area contributed by atoms with Crippen LogP contribution in [0.5, 0.6) is 0 Å². The van der Waals surface area contributed by atoms with E-state index in [1.165, 1.54) is 24.2 Å². The zero-order valence-corrected chi connectivity index (χ0v) is 14.0. The summed E-state index contributed by atoms with van der Waals surface area (Å²) in [6.07, 6.45) is 2.42. The highest BCUT2D eigenvalue weighted by Crippen LogP contribution is 2.35. The molecule has 1 aliphatic rings. The third kappa shape index (κ3) is 3.70. The van der Waals surface area contributed by atoms with Gasteiger partial charge in [0.2, 0.25) is 0 Å². The lowest BCUT2D eigenvalue weighted by Gasteiger charge is -2.34. The van der Waals surface area contributed by atoms with Crippen LogP contribution in [0, 0.1) is 5.41 Å². The van der Waals surface area contributed by atoms with Crippen LogP contribution in [0.4, 0.5) is 0 Å². The zero-order valence-electron chi connectivity index (χ0n) is 12.4. The molecule has 1 aromatic rings. The number of hydrogen-bond donors (Lipinski definition) is 1. The fourth-order valence-electron chi connectivity index (χ4n) is 2.34. The molecule has 0 radical (unpaired) electrons. The Morgan fingerprint density at radius 2 is 1.95 bits per heavy atom. The average molecular weight is 311 g/mol. The summed E-state index contributed by atoms with van der Waals surface area (Å²) in [6.45, 7) is 7.65. The molecule has 1 atom stereocenters. The summed E-state index contributed by atoms with van der Waals surface area (Å²) in [7, 11) is 0. The number of nitrogens with one attached hydrogen (secondary N) is 1. The van der Waals surface area contributed by atoms with Gasteiger partial charge in [-0.3, -0.25) is 4.99 Å². The maximum atomic E-state index is 5.92. The Morgan fingerprint density at radius 1 is 1.30 bits per heavy atom. The lowest BCUT2D eigenvalue weighted by Crippen LogP contribution is -2.35. The molecule has 2 nitrogen and oxygen atoms in total. The molecular weight excluding hydrogens is 288 g/mol. The first-order valence-electron chi connectivity index (χ1n) is 7.28. The summed E-state index contributed by atoms with van der Waals surface area (Å²) >= 11 is 7.78. The summed E-state index contributed by atoms with van der Waals surface area (Å²) in [5.74, 6) is 1.17. The summed E-state index contributed by atoms with van der Waals surface area (Å²) in [4.78, 5) is 4.75. The van der Waals surface area contributed by atoms with Crippen LogP contribution in [0.3, 0.4) is 0 Å². The first-order valence-corrected chi connectivity index (χ1v) is 8.64. The lowest BCUT2D eigenvalue weighted by molar-refractivity contribution is 0.318. The Hall–Kier alpha value is -0.670. The van der Waals surface area contributed by atoms with Crippen LogP contribution < -0.4 is 5.32 Å². The average Bonchev–Trinajstić information content (AvgIpc) is 2.49. The monoisotopic (exact) mass is 310 g/mol. The molecule has 0 saturated carbocycles. The Balaban J connectivity index is 1.97. The van der Waals surface area contributed by atoms with Gasteiger partial charge in [-0.2, -0.15) is 0 Å². The molecule has 0 saturated heterocycles. The molecule has 1 heterocycles. The minimum absolute atomic E-state index is 0.259. The van der Waals surface area contributed by atoms with Gasteiger partial charge in [0.25, 0.3) is 0 Å². The summed E-state index contributed by atoms with van der Waals surface area (Å²) < 4.78 is 0. The van der Waals surface area contributed by atoms with Crippen molar-refractivity contribution in [3.63, 3.8) is 0 Å². The minimum atomic E-state index is 0.259. The van der Waals surface area contributed by atoms with Gasteiger partial charge in [0.1, 0.15) is 0 Å². The molecule has 0 aromatic heterocycles. The van der Waals surface area contributed by atoms with Crippen LogP contribution in [0.15, 0.2) is 29.3 Å². The molecule has 1 aliphatic heterocycles. The molecule has 4 heteroatoms. The molecule has 0 aliphatic carbocycles. The number of thioether (sulfide) groups is 1. The second kappa shape index (κ2) is 6.86. The first kappa shape index (κ1) is 15.7. The van der Waals surface area contributed by atoms with E-state index in [0.29, 0.717) is 5.41 Å². The molecule has 1 unspecified atom stereocenters. The molecule has 1 N–H and O–H groups in total. The van der Waals surface area contributed by atoms with Gasteiger partial charge < -0.3 is 5.32 Å². The maximum absolute atomic E-state index is 5.92. The van der Waals surface area contributed by atoms with Crippen molar-refractivity contribution in [3.05, 3.63) is 34.9 Å². The highest BCUT2D eigenvalue weighted by Gasteiger charge is 2.30. The van der Waals surface area contributed by atoms with Crippen molar-refractivity contribution in [1.82, 2.24) is 5.32 Å². The molecule has 2 rings (SSSR count). The molecule has 20 heavy (non-hydrogen) atoms. The molecule has 1 aromatic carbocycles. The van der Waals surface area contributed by atoms with Gasteiger partial charge in [0.15, 0.2) is 5.17 Å². The van der Waals surface area contributed by atoms with Gasteiger partial charge in [0.05, 0.1) is 6.04 Å². The van der Waals surface area contributed by atoms with Crippen LogP contribution in [0.1, 0.15) is 45.2 Å². The maximum Gasteiger partial charge on any atom is 0.157 e. The second-order valence-corrected chi connectivity index (χ2v) is 6.94. The zero-order chi connectivity index (χ0) is 14.6. The van der Waals surface area contributed by atoms with Crippen LogP contribution in [-0.4, -0.2) is 17.5 Å². The van der Waals surface area contributed by atoms with E-state index in [0.717, 1.165) is 16.7 Å². The Morgan fingerprint density at radius 3 is 2.45 bits per heavy atom.